The highest BCUT2D eigenvalue weighted by atomic mass is 16.6. The highest BCUT2D eigenvalue weighted by Gasteiger charge is 2.41. The Balaban J connectivity index is 2.26. The summed E-state index contributed by atoms with van der Waals surface area (Å²) in [5.41, 5.74) is -0.414. The van der Waals surface area contributed by atoms with Crippen LogP contribution < -0.4 is 0 Å². The van der Waals surface area contributed by atoms with Crippen LogP contribution in [0.15, 0.2) is 24.3 Å². The number of ketones is 3. The van der Waals surface area contributed by atoms with E-state index in [0.29, 0.717) is 0 Å². The molecule has 0 saturated heterocycles. The number of carbonyl (C=O) groups excluding carboxylic acids is 4. The number of benzene rings is 1. The highest BCUT2D eigenvalue weighted by Crippen LogP contribution is 2.26. The van der Waals surface area contributed by atoms with Crippen LogP contribution in [-0.4, -0.2) is 28.9 Å². The van der Waals surface area contributed by atoms with Gasteiger partial charge in [0.1, 0.15) is 5.60 Å². The molecule has 0 fully saturated rings. The molecule has 1 aromatic carbocycles. The lowest BCUT2D eigenvalue weighted by Gasteiger charge is -2.23. The summed E-state index contributed by atoms with van der Waals surface area (Å²) in [6.07, 6.45) is -0.408. The minimum Gasteiger partial charge on any atom is -0.460 e. The number of hydrogen-bond acceptors (Lipinski definition) is 5. The zero-order chi connectivity index (χ0) is 15.8. The van der Waals surface area contributed by atoms with E-state index in [1.165, 1.54) is 12.1 Å². The average Bonchev–Trinajstić information content (AvgIpc) is 2.39. The van der Waals surface area contributed by atoms with E-state index in [1.54, 1.807) is 32.9 Å². The largest absolute Gasteiger partial charge is 0.460 e. The monoisotopic (exact) mass is 288 g/mol. The fourth-order valence-electron chi connectivity index (χ4n) is 2.23. The van der Waals surface area contributed by atoms with Crippen molar-refractivity contribution in [2.75, 3.05) is 0 Å². The van der Waals surface area contributed by atoms with Crippen molar-refractivity contribution in [2.24, 2.45) is 5.92 Å². The summed E-state index contributed by atoms with van der Waals surface area (Å²) in [4.78, 5) is 48.1. The Morgan fingerprint density at radius 3 is 2.19 bits per heavy atom. The Morgan fingerprint density at radius 1 is 1.05 bits per heavy atom. The van der Waals surface area contributed by atoms with Gasteiger partial charge in [-0.3, -0.25) is 19.2 Å². The molecule has 0 aliphatic heterocycles. The van der Waals surface area contributed by atoms with Gasteiger partial charge >= 0.3 is 5.97 Å². The van der Waals surface area contributed by atoms with Crippen molar-refractivity contribution >= 4 is 23.3 Å². The maximum atomic E-state index is 12.3. The zero-order valence-corrected chi connectivity index (χ0v) is 12.1. The Bertz CT molecular complexity index is 636. The molecule has 21 heavy (non-hydrogen) atoms. The maximum absolute atomic E-state index is 12.3. The molecule has 5 heteroatoms. The fourth-order valence-corrected chi connectivity index (χ4v) is 2.23. The van der Waals surface area contributed by atoms with E-state index >= 15 is 0 Å². The van der Waals surface area contributed by atoms with Gasteiger partial charge in [-0.1, -0.05) is 24.3 Å². The van der Waals surface area contributed by atoms with E-state index in [1.807, 2.05) is 0 Å². The van der Waals surface area contributed by atoms with E-state index in [4.69, 9.17) is 4.74 Å². The minimum atomic E-state index is -1.28. The summed E-state index contributed by atoms with van der Waals surface area (Å²) in [5, 5.41) is 0. The third-order valence-corrected chi connectivity index (χ3v) is 3.08. The van der Waals surface area contributed by atoms with Crippen molar-refractivity contribution in [2.45, 2.75) is 32.8 Å². The second-order valence-electron chi connectivity index (χ2n) is 5.95. The van der Waals surface area contributed by atoms with Crippen LogP contribution in [0.1, 0.15) is 47.9 Å². The lowest BCUT2D eigenvalue weighted by atomic mass is 9.79. The molecule has 0 spiro atoms. The Kier molecular flexibility index (Phi) is 3.77. The van der Waals surface area contributed by atoms with Crippen molar-refractivity contribution in [1.29, 1.82) is 0 Å². The minimum absolute atomic E-state index is 0.105. The normalized spacial score (nSPS) is 18.4. The molecule has 0 amide bonds. The third-order valence-electron chi connectivity index (χ3n) is 3.08. The van der Waals surface area contributed by atoms with Crippen LogP contribution in [0.5, 0.6) is 0 Å². The van der Waals surface area contributed by atoms with E-state index in [2.05, 4.69) is 0 Å². The fraction of sp³-hybridized carbons (Fsp3) is 0.375. The van der Waals surface area contributed by atoms with Gasteiger partial charge < -0.3 is 4.74 Å². The second kappa shape index (κ2) is 5.24. The summed E-state index contributed by atoms with van der Waals surface area (Å²) in [6, 6.07) is 6.14. The number of Topliss-reactive ketones (excluding diaryl/α,β-unsaturated/α-hetero) is 3. The Labute approximate surface area is 122 Å². The SMILES string of the molecule is CC(C)(C)OC(=O)CC1C(=O)C(=O)c2ccccc2C1=O. The number of fused-ring (bicyclic) bond motifs is 1. The van der Waals surface area contributed by atoms with E-state index in [9.17, 15) is 19.2 Å². The second-order valence-corrected chi connectivity index (χ2v) is 5.95. The summed E-state index contributed by atoms with van der Waals surface area (Å²) >= 11 is 0. The topological polar surface area (TPSA) is 77.5 Å². The predicted molar refractivity (Wildman–Crippen MR) is 74.1 cm³/mol. The van der Waals surface area contributed by atoms with Crippen LogP contribution in [0, 0.1) is 5.92 Å². The maximum Gasteiger partial charge on any atom is 0.307 e. The Hall–Kier alpha value is -2.30. The molecule has 1 aromatic rings. The van der Waals surface area contributed by atoms with Crippen LogP contribution in [0.4, 0.5) is 0 Å². The van der Waals surface area contributed by atoms with Gasteiger partial charge in [-0.05, 0) is 20.8 Å². The van der Waals surface area contributed by atoms with Gasteiger partial charge in [-0.15, -0.1) is 0 Å². The number of esters is 1. The van der Waals surface area contributed by atoms with Crippen LogP contribution in [-0.2, 0) is 14.3 Å². The molecule has 1 atom stereocenters. The molecule has 5 nitrogen and oxygen atoms in total. The molecule has 1 aliphatic carbocycles. The van der Waals surface area contributed by atoms with E-state index in [-0.39, 0.29) is 11.1 Å². The summed E-state index contributed by atoms with van der Waals surface area (Å²) in [6.45, 7) is 5.07. The zero-order valence-electron chi connectivity index (χ0n) is 12.1. The molecule has 0 radical (unpaired) electrons. The highest BCUT2D eigenvalue weighted by molar-refractivity contribution is 6.52. The van der Waals surface area contributed by atoms with Gasteiger partial charge in [-0.2, -0.15) is 0 Å². The number of rotatable bonds is 2. The van der Waals surface area contributed by atoms with Crippen LogP contribution in [0.25, 0.3) is 0 Å². The van der Waals surface area contributed by atoms with Crippen LogP contribution in [0.2, 0.25) is 0 Å². The van der Waals surface area contributed by atoms with Crippen LogP contribution in [0.3, 0.4) is 0 Å². The quantitative estimate of drug-likeness (QED) is 0.472. The van der Waals surface area contributed by atoms with Gasteiger partial charge in [0, 0.05) is 11.1 Å². The molecular weight excluding hydrogens is 272 g/mol. The number of carbonyl (C=O) groups is 4. The average molecular weight is 288 g/mol. The van der Waals surface area contributed by atoms with Gasteiger partial charge in [0.05, 0.1) is 12.3 Å². The molecule has 0 saturated carbocycles. The first-order valence-electron chi connectivity index (χ1n) is 6.64. The smallest absolute Gasteiger partial charge is 0.307 e. The number of ether oxygens (including phenoxy) is 1. The first-order chi connectivity index (χ1) is 9.70. The summed E-state index contributed by atoms with van der Waals surface area (Å²) in [5.74, 6) is -4.01. The lowest BCUT2D eigenvalue weighted by molar-refractivity contribution is -0.156. The first kappa shape index (κ1) is 15.1. The van der Waals surface area contributed by atoms with E-state index in [0.717, 1.165) is 0 Å². The predicted octanol–water partition coefficient (Wildman–Crippen LogP) is 1.98. The molecule has 1 aliphatic rings. The van der Waals surface area contributed by atoms with Crippen molar-refractivity contribution < 1.29 is 23.9 Å². The molecule has 1 unspecified atom stereocenters. The van der Waals surface area contributed by atoms with E-state index < -0.39 is 41.3 Å². The summed E-state index contributed by atoms with van der Waals surface area (Å²) in [7, 11) is 0. The molecule has 2 rings (SSSR count). The van der Waals surface area contributed by atoms with Crippen LogP contribution >= 0.6 is 0 Å². The Morgan fingerprint density at radius 2 is 1.62 bits per heavy atom. The lowest BCUT2D eigenvalue weighted by Crippen LogP contribution is -2.39. The summed E-state index contributed by atoms with van der Waals surface area (Å²) < 4.78 is 5.11. The molecule has 110 valence electrons. The van der Waals surface area contributed by atoms with Crippen molar-refractivity contribution in [3.8, 4) is 0 Å². The molecule has 0 N–H and O–H groups in total. The molecule has 0 aromatic heterocycles. The van der Waals surface area contributed by atoms with Gasteiger partial charge in [-0.25, -0.2) is 0 Å². The van der Waals surface area contributed by atoms with Crippen molar-refractivity contribution in [3.63, 3.8) is 0 Å². The van der Waals surface area contributed by atoms with Crippen molar-refractivity contribution in [3.05, 3.63) is 35.4 Å². The molecular formula is C16H16O5. The first-order valence-corrected chi connectivity index (χ1v) is 6.64. The van der Waals surface area contributed by atoms with Gasteiger partial charge in [0.2, 0.25) is 11.6 Å². The molecule has 0 bridgehead atoms. The van der Waals surface area contributed by atoms with Gasteiger partial charge in [0.25, 0.3) is 0 Å². The third kappa shape index (κ3) is 3.07. The van der Waals surface area contributed by atoms with Gasteiger partial charge in [0.15, 0.2) is 5.78 Å². The van der Waals surface area contributed by atoms with Crippen molar-refractivity contribution in [1.82, 2.24) is 0 Å². The number of hydrogen-bond donors (Lipinski definition) is 0. The standard InChI is InChI=1S/C16H16O5/c1-16(2,3)21-12(17)8-11-13(18)9-6-4-5-7-10(9)14(19)15(11)20/h4-7,11H,8H2,1-3H3. The molecule has 0 heterocycles.